The molecule has 0 radical (unpaired) electrons. The molecule has 6 heteroatoms. The molecule has 3 aliphatic rings. The molecule has 0 spiro atoms. The van der Waals surface area contributed by atoms with E-state index in [9.17, 15) is 9.59 Å². The van der Waals surface area contributed by atoms with Crippen LogP contribution in [0.2, 0.25) is 0 Å². The van der Waals surface area contributed by atoms with Crippen molar-refractivity contribution in [3.8, 4) is 5.75 Å². The summed E-state index contributed by atoms with van der Waals surface area (Å²) in [4.78, 5) is 33.8. The third-order valence-corrected chi connectivity index (χ3v) is 6.24. The molecule has 3 heterocycles. The van der Waals surface area contributed by atoms with Gasteiger partial charge in [0.25, 0.3) is 5.91 Å². The van der Waals surface area contributed by atoms with Crippen molar-refractivity contribution in [3.05, 3.63) is 58.7 Å². The monoisotopic (exact) mass is 403 g/mol. The Morgan fingerprint density at radius 3 is 2.73 bits per heavy atom. The molecule has 2 aromatic rings. The van der Waals surface area contributed by atoms with Crippen LogP contribution in [-0.2, 0) is 17.9 Å². The SMILES string of the molecule is Cc1cc2c(cc1OCCC(=O)N1Cc3ccccc3C1)N=C[C@@H]1CCCN1C2=O. The van der Waals surface area contributed by atoms with Crippen molar-refractivity contribution < 1.29 is 14.3 Å². The van der Waals surface area contributed by atoms with E-state index in [1.165, 1.54) is 11.1 Å². The molecular formula is C24H25N3O3. The highest BCUT2D eigenvalue weighted by Gasteiger charge is 2.32. The second-order valence-electron chi connectivity index (χ2n) is 8.24. The number of aliphatic imine (C=N–C) groups is 1. The molecule has 0 aromatic heterocycles. The number of aryl methyl sites for hydroxylation is 1. The molecule has 30 heavy (non-hydrogen) atoms. The Kier molecular flexibility index (Phi) is 4.77. The van der Waals surface area contributed by atoms with Crippen LogP contribution in [0.15, 0.2) is 41.4 Å². The zero-order valence-electron chi connectivity index (χ0n) is 17.1. The molecule has 154 valence electrons. The van der Waals surface area contributed by atoms with Gasteiger partial charge in [0.15, 0.2) is 0 Å². The van der Waals surface area contributed by atoms with Crippen LogP contribution in [0.4, 0.5) is 5.69 Å². The number of amides is 2. The minimum atomic E-state index is 0.0448. The second-order valence-corrected chi connectivity index (χ2v) is 8.24. The summed E-state index contributed by atoms with van der Waals surface area (Å²) < 4.78 is 5.93. The number of benzene rings is 2. The predicted molar refractivity (Wildman–Crippen MR) is 114 cm³/mol. The molecule has 6 nitrogen and oxygen atoms in total. The van der Waals surface area contributed by atoms with Crippen molar-refractivity contribution in [3.63, 3.8) is 0 Å². The molecule has 0 bridgehead atoms. The first-order valence-corrected chi connectivity index (χ1v) is 10.6. The number of fused-ring (bicyclic) bond motifs is 3. The number of rotatable bonds is 4. The van der Waals surface area contributed by atoms with Gasteiger partial charge in [0.2, 0.25) is 5.91 Å². The Morgan fingerprint density at radius 2 is 1.97 bits per heavy atom. The highest BCUT2D eigenvalue weighted by molar-refractivity contribution is 6.03. The van der Waals surface area contributed by atoms with Crippen molar-refractivity contribution in [1.29, 1.82) is 0 Å². The maximum Gasteiger partial charge on any atom is 0.256 e. The average molecular weight is 403 g/mol. The fourth-order valence-electron chi connectivity index (χ4n) is 4.55. The Labute approximate surface area is 176 Å². The molecule has 0 unspecified atom stereocenters. The average Bonchev–Trinajstić information content (AvgIpc) is 3.37. The number of carbonyl (C=O) groups is 2. The summed E-state index contributed by atoms with van der Waals surface area (Å²) in [5, 5.41) is 0. The van der Waals surface area contributed by atoms with Gasteiger partial charge in [0.1, 0.15) is 5.75 Å². The Balaban J connectivity index is 1.24. The van der Waals surface area contributed by atoms with Crippen LogP contribution in [0, 0.1) is 6.92 Å². The summed E-state index contributed by atoms with van der Waals surface area (Å²) in [5.74, 6) is 0.814. The van der Waals surface area contributed by atoms with Crippen molar-refractivity contribution in [2.24, 2.45) is 4.99 Å². The van der Waals surface area contributed by atoms with E-state index in [0.29, 0.717) is 43.1 Å². The molecule has 0 aliphatic carbocycles. The van der Waals surface area contributed by atoms with E-state index in [2.05, 4.69) is 17.1 Å². The lowest BCUT2D eigenvalue weighted by atomic mass is 10.1. The lowest BCUT2D eigenvalue weighted by molar-refractivity contribution is -0.132. The number of ether oxygens (including phenoxy) is 1. The van der Waals surface area contributed by atoms with Crippen LogP contribution in [0.5, 0.6) is 5.75 Å². The standard InChI is InChI=1S/C24H25N3O3/c1-16-11-20-21(25-13-19-7-4-9-27(19)24(20)29)12-22(16)30-10-8-23(28)26-14-17-5-2-3-6-18(17)15-26/h2-3,5-6,11-13,19H,4,7-10,14-15H2,1H3/t19-/m0/s1. The normalized spacial score (nSPS) is 19.4. The van der Waals surface area contributed by atoms with Crippen LogP contribution < -0.4 is 4.74 Å². The van der Waals surface area contributed by atoms with Gasteiger partial charge < -0.3 is 14.5 Å². The van der Waals surface area contributed by atoms with Gasteiger partial charge in [-0.15, -0.1) is 0 Å². The fourth-order valence-corrected chi connectivity index (χ4v) is 4.55. The first kappa shape index (κ1) is 18.9. The highest BCUT2D eigenvalue weighted by atomic mass is 16.5. The summed E-state index contributed by atoms with van der Waals surface area (Å²) in [6.45, 7) is 4.35. The van der Waals surface area contributed by atoms with Gasteiger partial charge in [0, 0.05) is 31.9 Å². The molecule has 5 rings (SSSR count). The molecule has 0 saturated carbocycles. The van der Waals surface area contributed by atoms with Crippen molar-refractivity contribution >= 4 is 23.7 Å². The van der Waals surface area contributed by atoms with E-state index in [0.717, 1.165) is 24.9 Å². The highest BCUT2D eigenvalue weighted by Crippen LogP contribution is 2.34. The van der Waals surface area contributed by atoms with Crippen LogP contribution >= 0.6 is 0 Å². The summed E-state index contributed by atoms with van der Waals surface area (Å²) >= 11 is 0. The van der Waals surface area contributed by atoms with Gasteiger partial charge in [-0.25, -0.2) is 0 Å². The van der Waals surface area contributed by atoms with E-state index in [-0.39, 0.29) is 17.9 Å². The lowest BCUT2D eigenvalue weighted by Crippen LogP contribution is -2.35. The zero-order chi connectivity index (χ0) is 20.7. The molecule has 1 fully saturated rings. The van der Waals surface area contributed by atoms with E-state index in [4.69, 9.17) is 4.74 Å². The third kappa shape index (κ3) is 3.36. The molecule has 1 atom stereocenters. The summed E-state index contributed by atoms with van der Waals surface area (Å²) in [6.07, 6.45) is 4.19. The van der Waals surface area contributed by atoms with E-state index in [1.807, 2.05) is 47.2 Å². The number of hydrogen-bond donors (Lipinski definition) is 0. The van der Waals surface area contributed by atoms with E-state index < -0.39 is 0 Å². The first-order chi connectivity index (χ1) is 14.6. The number of nitrogens with zero attached hydrogens (tertiary/aromatic N) is 3. The topological polar surface area (TPSA) is 62.2 Å². The maximum atomic E-state index is 12.9. The van der Waals surface area contributed by atoms with E-state index >= 15 is 0 Å². The zero-order valence-corrected chi connectivity index (χ0v) is 17.1. The molecule has 0 N–H and O–H groups in total. The van der Waals surface area contributed by atoms with Crippen LogP contribution in [-0.4, -0.2) is 47.0 Å². The summed E-state index contributed by atoms with van der Waals surface area (Å²) in [5.41, 5.74) is 4.60. The summed E-state index contributed by atoms with van der Waals surface area (Å²) in [6, 6.07) is 12.0. The fraction of sp³-hybridized carbons (Fsp3) is 0.375. The molecule has 2 amide bonds. The lowest BCUT2D eigenvalue weighted by Gasteiger charge is -2.20. The Morgan fingerprint density at radius 1 is 1.20 bits per heavy atom. The van der Waals surface area contributed by atoms with Gasteiger partial charge in [-0.05, 0) is 42.5 Å². The quantitative estimate of drug-likeness (QED) is 0.783. The van der Waals surface area contributed by atoms with Crippen LogP contribution in [0.1, 0.15) is 46.3 Å². The van der Waals surface area contributed by atoms with Crippen LogP contribution in [0.25, 0.3) is 0 Å². The van der Waals surface area contributed by atoms with Gasteiger partial charge in [-0.2, -0.15) is 0 Å². The third-order valence-electron chi connectivity index (χ3n) is 6.24. The van der Waals surface area contributed by atoms with Crippen molar-refractivity contribution in [2.75, 3.05) is 13.2 Å². The van der Waals surface area contributed by atoms with Gasteiger partial charge in [-0.3, -0.25) is 14.6 Å². The van der Waals surface area contributed by atoms with Gasteiger partial charge in [0.05, 0.1) is 30.3 Å². The van der Waals surface area contributed by atoms with Gasteiger partial charge in [-0.1, -0.05) is 24.3 Å². The molecule has 3 aliphatic heterocycles. The second kappa shape index (κ2) is 7.59. The van der Waals surface area contributed by atoms with E-state index in [1.54, 1.807) is 0 Å². The minimum Gasteiger partial charge on any atom is -0.493 e. The van der Waals surface area contributed by atoms with Crippen molar-refractivity contribution in [1.82, 2.24) is 9.80 Å². The summed E-state index contributed by atoms with van der Waals surface area (Å²) in [7, 11) is 0. The molecule has 1 saturated heterocycles. The predicted octanol–water partition coefficient (Wildman–Crippen LogP) is 3.63. The maximum absolute atomic E-state index is 12.9. The first-order valence-electron chi connectivity index (χ1n) is 10.6. The molecular weight excluding hydrogens is 378 g/mol. The largest absolute Gasteiger partial charge is 0.493 e. The Hall–Kier alpha value is -3.15. The Bertz CT molecular complexity index is 1020. The number of carbonyl (C=O) groups excluding carboxylic acids is 2. The van der Waals surface area contributed by atoms with Crippen LogP contribution in [0.3, 0.4) is 0 Å². The van der Waals surface area contributed by atoms with Crippen molar-refractivity contribution in [2.45, 2.75) is 45.3 Å². The minimum absolute atomic E-state index is 0.0448. The number of hydrogen-bond acceptors (Lipinski definition) is 4. The molecule has 2 aromatic carbocycles. The smallest absolute Gasteiger partial charge is 0.256 e. The van der Waals surface area contributed by atoms with Gasteiger partial charge >= 0.3 is 0 Å².